The van der Waals surface area contributed by atoms with E-state index in [9.17, 15) is 5.11 Å². The van der Waals surface area contributed by atoms with Crippen molar-refractivity contribution < 1.29 is 19.3 Å². The summed E-state index contributed by atoms with van der Waals surface area (Å²) in [6.07, 6.45) is 8.92. The number of allylic oxidation sites excluding steroid dienone is 2. The topological polar surface area (TPSA) is 51.2 Å². The highest BCUT2D eigenvalue weighted by atomic mass is 32.2. The van der Waals surface area contributed by atoms with Gasteiger partial charge in [-0.15, -0.1) is 11.8 Å². The number of nitrogens with zero attached hydrogens (tertiary/aromatic N) is 1. The maximum Gasteiger partial charge on any atom is 0.139 e. The minimum absolute atomic E-state index is 0.0914. The minimum atomic E-state index is -1.23. The van der Waals surface area contributed by atoms with Crippen LogP contribution in [-0.2, 0) is 10.3 Å². The summed E-state index contributed by atoms with van der Waals surface area (Å²) in [5.74, 6) is 2.54. The average molecular weight is 490 g/mol. The van der Waals surface area contributed by atoms with Crippen molar-refractivity contribution in [2.75, 3.05) is 40.5 Å². The standard InChI is InChI=1S/C29H31NO4S/c1-32-21-9-11-23-25(17-21)29(31,27-24-12-10-22(33-2)18-26(24)35-28(23)27)19-5-7-20(8-6-19)34-16-15-30-13-3-4-14-30/h5-12,17-18,24,26,31H,3-4,13-16H2,1-2H3. The summed E-state index contributed by atoms with van der Waals surface area (Å²) in [6.45, 7) is 3.98. The van der Waals surface area contributed by atoms with Gasteiger partial charge in [0.05, 0.1) is 14.2 Å². The van der Waals surface area contributed by atoms with Gasteiger partial charge in [0.2, 0.25) is 0 Å². The fourth-order valence-electron chi connectivity index (χ4n) is 5.79. The monoisotopic (exact) mass is 489 g/mol. The molecule has 1 fully saturated rings. The number of methoxy groups -OCH3 is 2. The summed E-state index contributed by atoms with van der Waals surface area (Å²) in [4.78, 5) is 3.60. The highest BCUT2D eigenvalue weighted by Gasteiger charge is 2.53. The van der Waals surface area contributed by atoms with Crippen LogP contribution in [0.3, 0.4) is 0 Å². The Bertz CT molecular complexity index is 1210. The van der Waals surface area contributed by atoms with Crippen molar-refractivity contribution >= 4 is 16.7 Å². The molecule has 0 saturated carbocycles. The molecule has 182 valence electrons. The maximum absolute atomic E-state index is 12.5. The van der Waals surface area contributed by atoms with E-state index in [1.54, 1.807) is 26.0 Å². The first kappa shape index (κ1) is 22.8. The Morgan fingerprint density at radius 3 is 2.54 bits per heavy atom. The van der Waals surface area contributed by atoms with Crippen molar-refractivity contribution in [2.24, 2.45) is 5.92 Å². The fraction of sp³-hybridized carbons (Fsp3) is 0.379. The molecule has 2 aliphatic heterocycles. The van der Waals surface area contributed by atoms with Gasteiger partial charge >= 0.3 is 0 Å². The second-order valence-electron chi connectivity index (χ2n) is 9.53. The van der Waals surface area contributed by atoms with Gasteiger partial charge in [-0.25, -0.2) is 0 Å². The third kappa shape index (κ3) is 3.79. The SMILES string of the molecule is COC1=CC2SC3=C(C2C=C1)C(O)(c1ccc(OCCN2CCCC2)cc1)c1cc(OC)ccc13. The zero-order valence-electron chi connectivity index (χ0n) is 20.2. The van der Waals surface area contributed by atoms with Gasteiger partial charge in [0.15, 0.2) is 0 Å². The molecule has 2 heterocycles. The molecule has 1 N–H and O–H groups in total. The van der Waals surface area contributed by atoms with Crippen LogP contribution in [0.15, 0.2) is 72.0 Å². The summed E-state index contributed by atoms with van der Waals surface area (Å²) < 4.78 is 17.0. The highest BCUT2D eigenvalue weighted by Crippen LogP contribution is 2.63. The van der Waals surface area contributed by atoms with Crippen molar-refractivity contribution in [3.05, 3.63) is 88.7 Å². The Morgan fingerprint density at radius 1 is 1.03 bits per heavy atom. The lowest BCUT2D eigenvalue weighted by Crippen LogP contribution is -2.33. The second kappa shape index (κ2) is 9.08. The number of hydrogen-bond acceptors (Lipinski definition) is 6. The molecule has 0 radical (unpaired) electrons. The zero-order chi connectivity index (χ0) is 24.0. The van der Waals surface area contributed by atoms with E-state index in [4.69, 9.17) is 14.2 Å². The van der Waals surface area contributed by atoms with Crippen LogP contribution >= 0.6 is 11.8 Å². The number of ether oxygens (including phenoxy) is 3. The molecule has 0 amide bonds. The summed E-state index contributed by atoms with van der Waals surface area (Å²) in [7, 11) is 3.36. The van der Waals surface area contributed by atoms with Crippen LogP contribution < -0.4 is 9.47 Å². The molecule has 4 aliphatic rings. The molecular weight excluding hydrogens is 458 g/mol. The fourth-order valence-corrected chi connectivity index (χ4v) is 7.36. The molecule has 0 spiro atoms. The predicted octanol–water partition coefficient (Wildman–Crippen LogP) is 4.96. The van der Waals surface area contributed by atoms with Crippen LogP contribution in [0.4, 0.5) is 0 Å². The van der Waals surface area contributed by atoms with E-state index in [2.05, 4.69) is 23.1 Å². The van der Waals surface area contributed by atoms with Crippen LogP contribution in [0.25, 0.3) is 4.91 Å². The van der Waals surface area contributed by atoms with Gasteiger partial charge in [0, 0.05) is 28.2 Å². The molecule has 3 unspecified atom stereocenters. The summed E-state index contributed by atoms with van der Waals surface area (Å²) >= 11 is 1.81. The predicted molar refractivity (Wildman–Crippen MR) is 140 cm³/mol. The summed E-state index contributed by atoms with van der Waals surface area (Å²) in [5.41, 5.74) is 2.61. The Balaban J connectivity index is 1.32. The normalized spacial score (nSPS) is 26.9. The first-order chi connectivity index (χ1) is 17.1. The molecule has 5 nitrogen and oxygen atoms in total. The number of aliphatic hydroxyl groups is 1. The van der Waals surface area contributed by atoms with Crippen molar-refractivity contribution in [3.8, 4) is 11.5 Å². The number of thioether (sulfide) groups is 1. The molecule has 0 bridgehead atoms. The third-order valence-electron chi connectivity index (χ3n) is 7.62. The van der Waals surface area contributed by atoms with Crippen LogP contribution in [0.1, 0.15) is 29.5 Å². The number of benzene rings is 2. The highest BCUT2D eigenvalue weighted by molar-refractivity contribution is 8.09. The smallest absolute Gasteiger partial charge is 0.139 e. The zero-order valence-corrected chi connectivity index (χ0v) is 21.0. The van der Waals surface area contributed by atoms with Crippen LogP contribution in [0.2, 0.25) is 0 Å². The van der Waals surface area contributed by atoms with E-state index in [0.29, 0.717) is 6.61 Å². The van der Waals surface area contributed by atoms with E-state index in [1.165, 1.54) is 25.9 Å². The molecule has 2 aromatic carbocycles. The average Bonchev–Trinajstić information content (AvgIpc) is 3.60. The first-order valence-corrected chi connectivity index (χ1v) is 13.2. The lowest BCUT2D eigenvalue weighted by Gasteiger charge is -2.33. The van der Waals surface area contributed by atoms with Gasteiger partial charge in [-0.3, -0.25) is 4.90 Å². The van der Waals surface area contributed by atoms with Crippen molar-refractivity contribution in [1.82, 2.24) is 4.90 Å². The van der Waals surface area contributed by atoms with Gasteiger partial charge in [0.1, 0.15) is 29.5 Å². The van der Waals surface area contributed by atoms with Gasteiger partial charge in [-0.1, -0.05) is 18.2 Å². The number of fused-ring (bicyclic) bond motifs is 4. The largest absolute Gasteiger partial charge is 0.497 e. The van der Waals surface area contributed by atoms with Gasteiger partial charge in [-0.2, -0.15) is 0 Å². The van der Waals surface area contributed by atoms with E-state index < -0.39 is 5.60 Å². The molecule has 1 saturated heterocycles. The van der Waals surface area contributed by atoms with Crippen LogP contribution in [0, 0.1) is 5.92 Å². The number of hydrogen-bond donors (Lipinski definition) is 1. The second-order valence-corrected chi connectivity index (χ2v) is 10.7. The molecule has 6 heteroatoms. The summed E-state index contributed by atoms with van der Waals surface area (Å²) in [6, 6.07) is 14.0. The Kier molecular flexibility index (Phi) is 5.91. The van der Waals surface area contributed by atoms with Crippen LogP contribution in [0.5, 0.6) is 11.5 Å². The van der Waals surface area contributed by atoms with Gasteiger partial charge in [0.25, 0.3) is 0 Å². The Morgan fingerprint density at radius 2 is 1.80 bits per heavy atom. The lowest BCUT2D eigenvalue weighted by atomic mass is 9.76. The Labute approximate surface area is 211 Å². The molecular formula is C29H31NO4S. The molecule has 0 aromatic heterocycles. The van der Waals surface area contributed by atoms with Gasteiger partial charge in [-0.05, 0) is 85.1 Å². The van der Waals surface area contributed by atoms with E-state index >= 15 is 0 Å². The molecule has 2 aliphatic carbocycles. The third-order valence-corrected chi connectivity index (χ3v) is 8.99. The molecule has 2 aromatic rings. The Hall–Kier alpha value is -2.67. The maximum atomic E-state index is 12.5. The summed E-state index contributed by atoms with van der Waals surface area (Å²) in [5, 5.41) is 12.7. The van der Waals surface area contributed by atoms with Crippen molar-refractivity contribution in [1.29, 1.82) is 0 Å². The van der Waals surface area contributed by atoms with Gasteiger partial charge < -0.3 is 19.3 Å². The molecule has 35 heavy (non-hydrogen) atoms. The quantitative estimate of drug-likeness (QED) is 0.593. The van der Waals surface area contributed by atoms with E-state index in [1.807, 2.05) is 42.5 Å². The van der Waals surface area contributed by atoms with Crippen LogP contribution in [-0.4, -0.2) is 55.7 Å². The first-order valence-electron chi connectivity index (χ1n) is 12.3. The molecule has 6 rings (SSSR count). The lowest BCUT2D eigenvalue weighted by molar-refractivity contribution is 0.116. The minimum Gasteiger partial charge on any atom is -0.497 e. The number of likely N-dealkylation sites (tertiary alicyclic amines) is 1. The van der Waals surface area contributed by atoms with E-state index in [0.717, 1.165) is 51.0 Å². The van der Waals surface area contributed by atoms with Crippen molar-refractivity contribution in [2.45, 2.75) is 23.7 Å². The van der Waals surface area contributed by atoms with E-state index in [-0.39, 0.29) is 11.2 Å². The number of rotatable bonds is 7. The van der Waals surface area contributed by atoms with Crippen molar-refractivity contribution in [3.63, 3.8) is 0 Å². The molecule has 3 atom stereocenters.